The van der Waals surface area contributed by atoms with Crippen molar-refractivity contribution in [3.8, 4) is 0 Å². The number of nitrogens with two attached hydrogens (primary N) is 1. The van der Waals surface area contributed by atoms with Crippen LogP contribution in [-0.2, 0) is 9.02 Å². The largest absolute Gasteiger partial charge is 0.337 e. The Morgan fingerprint density at radius 3 is 2.08 bits per heavy atom. The molecule has 0 bridgehead atoms. The third-order valence-electron chi connectivity index (χ3n) is 2.26. The van der Waals surface area contributed by atoms with Crippen LogP contribution >= 0.6 is 10.3 Å². The summed E-state index contributed by atoms with van der Waals surface area (Å²) in [4.78, 5) is 4.47. The van der Waals surface area contributed by atoms with E-state index in [9.17, 15) is 0 Å². The van der Waals surface area contributed by atoms with E-state index in [1.807, 2.05) is 0 Å². The van der Waals surface area contributed by atoms with Gasteiger partial charge in [0.25, 0.3) is 0 Å². The molecule has 0 saturated carbocycles. The second kappa shape index (κ2) is 5.20. The minimum absolute atomic E-state index is 0.233. The first-order chi connectivity index (χ1) is 5.81. The molecule has 0 aromatic carbocycles. The second-order valence-electron chi connectivity index (χ2n) is 4.39. The van der Waals surface area contributed by atoms with Crippen LogP contribution in [0.4, 0.5) is 0 Å². The Labute approximate surface area is 83.4 Å². The van der Waals surface area contributed by atoms with Gasteiger partial charge in [-0.3, -0.25) is 0 Å². The van der Waals surface area contributed by atoms with Gasteiger partial charge in [-0.2, -0.15) is 0 Å². The summed E-state index contributed by atoms with van der Waals surface area (Å²) in [7, 11) is -0.975. The first-order valence-electron chi connectivity index (χ1n) is 4.50. The van der Waals surface area contributed by atoms with Gasteiger partial charge in [-0.1, -0.05) is 20.8 Å². The summed E-state index contributed by atoms with van der Waals surface area (Å²) in [5.74, 6) is 4.92. The Kier molecular flexibility index (Phi) is 5.29. The molecule has 0 spiro atoms. The van der Waals surface area contributed by atoms with Crippen LogP contribution in [0.5, 0.6) is 0 Å². The predicted molar refractivity (Wildman–Crippen MR) is 59.9 cm³/mol. The van der Waals surface area contributed by atoms with E-state index in [-0.39, 0.29) is 4.75 Å². The first-order valence-corrected chi connectivity index (χ1v) is 6.87. The zero-order chi connectivity index (χ0) is 10.5. The molecular weight excluding hydrogens is 186 g/mol. The molecule has 0 aliphatic heterocycles. The van der Waals surface area contributed by atoms with Gasteiger partial charge in [0.15, 0.2) is 0 Å². The zero-order valence-electron chi connectivity index (χ0n) is 9.42. The van der Waals surface area contributed by atoms with E-state index in [0.29, 0.717) is 6.61 Å². The lowest BCUT2D eigenvalue weighted by Gasteiger charge is -2.43. The fourth-order valence-corrected chi connectivity index (χ4v) is 1.47. The molecule has 82 valence electrons. The van der Waals surface area contributed by atoms with Crippen molar-refractivity contribution < 1.29 is 9.02 Å². The summed E-state index contributed by atoms with van der Waals surface area (Å²) < 4.78 is 6.08. The molecule has 0 atom stereocenters. The Morgan fingerprint density at radius 2 is 1.69 bits per heavy atom. The van der Waals surface area contributed by atoms with Gasteiger partial charge in [0, 0.05) is 4.75 Å². The third-order valence-corrected chi connectivity index (χ3v) is 5.96. The normalized spacial score (nSPS) is 14.6. The second-order valence-corrected chi connectivity index (χ2v) is 8.32. The van der Waals surface area contributed by atoms with Crippen LogP contribution in [0.3, 0.4) is 0 Å². The van der Waals surface area contributed by atoms with E-state index in [4.69, 9.17) is 10.1 Å². The molecule has 13 heavy (non-hydrogen) atoms. The summed E-state index contributed by atoms with van der Waals surface area (Å²) >= 11 is 0. The number of hydrogen-bond donors (Lipinski definition) is 1. The molecule has 0 radical (unpaired) electrons. The molecular formula is C9H23NO2S. The molecule has 0 saturated heterocycles. The van der Waals surface area contributed by atoms with Crippen molar-refractivity contribution in [2.24, 2.45) is 5.90 Å². The zero-order valence-corrected chi connectivity index (χ0v) is 10.2. The lowest BCUT2D eigenvalue weighted by Crippen LogP contribution is -2.25. The topological polar surface area (TPSA) is 44.5 Å². The van der Waals surface area contributed by atoms with Crippen LogP contribution in [0.2, 0.25) is 0 Å². The van der Waals surface area contributed by atoms with E-state index in [1.165, 1.54) is 0 Å². The highest BCUT2D eigenvalue weighted by Crippen LogP contribution is 2.53. The summed E-state index contributed by atoms with van der Waals surface area (Å²) in [5.41, 5.74) is 0. The van der Waals surface area contributed by atoms with E-state index in [2.05, 4.69) is 38.1 Å². The highest BCUT2D eigenvalue weighted by molar-refractivity contribution is 8.29. The van der Waals surface area contributed by atoms with E-state index >= 15 is 0 Å². The number of rotatable bonds is 5. The smallest absolute Gasteiger partial charge is 0.0701 e. The van der Waals surface area contributed by atoms with Gasteiger partial charge in [-0.15, -0.1) is 10.3 Å². The van der Waals surface area contributed by atoms with Crippen molar-refractivity contribution in [1.82, 2.24) is 0 Å². The van der Waals surface area contributed by atoms with Crippen molar-refractivity contribution in [1.29, 1.82) is 0 Å². The summed E-state index contributed by atoms with van der Waals surface area (Å²) in [6.07, 6.45) is 5.25. The van der Waals surface area contributed by atoms with Gasteiger partial charge in [-0.05, 0) is 18.9 Å². The standard InChI is InChI=1S/C9H23NO2S/c1-9(2,3)13(4,5)12-8-6-7-11-10/h6-8,10H2,1-5H3. The van der Waals surface area contributed by atoms with Crippen molar-refractivity contribution >= 4 is 10.3 Å². The van der Waals surface area contributed by atoms with E-state index in [1.54, 1.807) is 0 Å². The highest BCUT2D eigenvalue weighted by Gasteiger charge is 2.28. The van der Waals surface area contributed by atoms with Gasteiger partial charge >= 0.3 is 0 Å². The molecule has 4 heteroatoms. The molecule has 0 rings (SSSR count). The number of hydrogen-bond acceptors (Lipinski definition) is 3. The molecule has 3 nitrogen and oxygen atoms in total. The Balaban J connectivity index is 3.77. The van der Waals surface area contributed by atoms with Crippen LogP contribution in [-0.4, -0.2) is 30.5 Å². The minimum atomic E-state index is -0.975. The monoisotopic (exact) mass is 209 g/mol. The molecule has 0 aromatic rings. The molecule has 0 heterocycles. The molecule has 0 aromatic heterocycles. The van der Waals surface area contributed by atoms with Crippen LogP contribution in [0.25, 0.3) is 0 Å². The maximum Gasteiger partial charge on any atom is 0.0701 e. The molecule has 0 fully saturated rings. The fraction of sp³-hybridized carbons (Fsp3) is 1.00. The SMILES string of the molecule is CC(C)(C)S(C)(C)OCCCON. The van der Waals surface area contributed by atoms with Gasteiger partial charge in [0.2, 0.25) is 0 Å². The van der Waals surface area contributed by atoms with Crippen molar-refractivity contribution in [3.05, 3.63) is 0 Å². The third kappa shape index (κ3) is 4.86. The molecule has 0 aliphatic rings. The predicted octanol–water partition coefficient (Wildman–Crippen LogP) is 2.06. The van der Waals surface area contributed by atoms with Gasteiger partial charge in [0.1, 0.15) is 0 Å². The fourth-order valence-electron chi connectivity index (χ4n) is 0.586. The quantitative estimate of drug-likeness (QED) is 0.557. The van der Waals surface area contributed by atoms with Crippen molar-refractivity contribution in [3.63, 3.8) is 0 Å². The molecule has 0 aliphatic carbocycles. The van der Waals surface area contributed by atoms with Gasteiger partial charge < -0.3 is 9.02 Å². The molecule has 2 N–H and O–H groups in total. The summed E-state index contributed by atoms with van der Waals surface area (Å²) in [6.45, 7) is 7.93. The average Bonchev–Trinajstić information content (AvgIpc) is 1.96. The van der Waals surface area contributed by atoms with Gasteiger partial charge in [-0.25, -0.2) is 5.90 Å². The Morgan fingerprint density at radius 1 is 1.15 bits per heavy atom. The van der Waals surface area contributed by atoms with E-state index in [0.717, 1.165) is 13.0 Å². The first kappa shape index (κ1) is 13.2. The van der Waals surface area contributed by atoms with Crippen molar-refractivity contribution in [2.75, 3.05) is 25.7 Å². The van der Waals surface area contributed by atoms with Crippen LogP contribution in [0.15, 0.2) is 0 Å². The lowest BCUT2D eigenvalue weighted by molar-refractivity contribution is 0.124. The molecule has 0 amide bonds. The average molecular weight is 209 g/mol. The summed E-state index contributed by atoms with van der Waals surface area (Å²) in [5, 5.41) is 0. The Hall–Kier alpha value is 0.230. The minimum Gasteiger partial charge on any atom is -0.337 e. The maximum absolute atomic E-state index is 5.84. The Bertz CT molecular complexity index is 143. The highest BCUT2D eigenvalue weighted by atomic mass is 32.3. The lowest BCUT2D eigenvalue weighted by atomic mass is 10.3. The van der Waals surface area contributed by atoms with E-state index < -0.39 is 10.3 Å². The van der Waals surface area contributed by atoms with Crippen LogP contribution < -0.4 is 5.90 Å². The van der Waals surface area contributed by atoms with Crippen molar-refractivity contribution in [2.45, 2.75) is 31.9 Å². The van der Waals surface area contributed by atoms with Crippen LogP contribution in [0, 0.1) is 0 Å². The summed E-state index contributed by atoms with van der Waals surface area (Å²) in [6, 6.07) is 0. The maximum atomic E-state index is 5.84. The molecule has 0 unspecified atom stereocenters. The van der Waals surface area contributed by atoms with Gasteiger partial charge in [0.05, 0.1) is 13.2 Å². The van der Waals surface area contributed by atoms with Crippen LogP contribution in [0.1, 0.15) is 27.2 Å².